The van der Waals surface area contributed by atoms with Gasteiger partial charge in [0.25, 0.3) is 5.56 Å². The SMILES string of the molecule is O=c1c2cc(Br)ccc2nc(C2CCCCC2)n1N=Cc1cn(Cc2ccc(F)cc2)c2ccccc12. The Morgan fingerprint density at radius 1 is 1.00 bits per heavy atom. The van der Waals surface area contributed by atoms with Crippen LogP contribution in [-0.2, 0) is 6.54 Å². The quantitative estimate of drug-likeness (QED) is 0.214. The third-order valence-corrected chi connectivity index (χ3v) is 7.69. The lowest BCUT2D eigenvalue weighted by Crippen LogP contribution is -2.25. The first-order valence-electron chi connectivity index (χ1n) is 12.7. The van der Waals surface area contributed by atoms with Crippen LogP contribution in [0.25, 0.3) is 21.8 Å². The van der Waals surface area contributed by atoms with Crippen LogP contribution < -0.4 is 5.56 Å². The summed E-state index contributed by atoms with van der Waals surface area (Å²) in [5, 5.41) is 6.34. The maximum atomic E-state index is 13.7. The molecule has 3 aromatic carbocycles. The van der Waals surface area contributed by atoms with E-state index >= 15 is 0 Å². The van der Waals surface area contributed by atoms with Crippen molar-refractivity contribution in [1.82, 2.24) is 14.2 Å². The van der Waals surface area contributed by atoms with Gasteiger partial charge in [-0.15, -0.1) is 0 Å². The molecule has 0 bridgehead atoms. The van der Waals surface area contributed by atoms with Crippen LogP contribution >= 0.6 is 15.9 Å². The van der Waals surface area contributed by atoms with E-state index in [1.54, 1.807) is 18.3 Å². The highest BCUT2D eigenvalue weighted by molar-refractivity contribution is 9.10. The summed E-state index contributed by atoms with van der Waals surface area (Å²) in [7, 11) is 0. The van der Waals surface area contributed by atoms with Crippen molar-refractivity contribution in [3.8, 4) is 0 Å². The van der Waals surface area contributed by atoms with Gasteiger partial charge in [-0.3, -0.25) is 4.79 Å². The summed E-state index contributed by atoms with van der Waals surface area (Å²) in [5.41, 5.74) is 3.52. The van der Waals surface area contributed by atoms with E-state index in [-0.39, 0.29) is 17.3 Å². The van der Waals surface area contributed by atoms with Gasteiger partial charge in [0.1, 0.15) is 11.6 Å². The molecule has 2 heterocycles. The Morgan fingerprint density at radius 2 is 1.78 bits per heavy atom. The number of rotatable bonds is 5. The normalized spacial score (nSPS) is 14.8. The third-order valence-electron chi connectivity index (χ3n) is 7.20. The second kappa shape index (κ2) is 10.1. The van der Waals surface area contributed by atoms with E-state index in [9.17, 15) is 9.18 Å². The standard InChI is InChI=1S/C30H26BrFN4O/c31-23-12-15-27-26(16-23)30(37)36(29(34-27)21-6-2-1-3-7-21)33-17-22-19-35(28-9-5-4-8-25(22)28)18-20-10-13-24(32)14-11-20/h4-5,8-17,19,21H,1-3,6-7,18H2. The largest absolute Gasteiger partial charge is 0.342 e. The molecule has 6 rings (SSSR count). The van der Waals surface area contributed by atoms with Gasteiger partial charge in [-0.1, -0.05) is 65.5 Å². The van der Waals surface area contributed by atoms with Crippen molar-refractivity contribution >= 4 is 44.0 Å². The van der Waals surface area contributed by atoms with E-state index in [0.29, 0.717) is 17.4 Å². The highest BCUT2D eigenvalue weighted by Crippen LogP contribution is 2.32. The summed E-state index contributed by atoms with van der Waals surface area (Å²) < 4.78 is 17.9. The molecule has 1 aliphatic rings. The van der Waals surface area contributed by atoms with Gasteiger partial charge in [0.2, 0.25) is 0 Å². The fraction of sp³-hybridized carbons (Fsp3) is 0.233. The van der Waals surface area contributed by atoms with Gasteiger partial charge >= 0.3 is 0 Å². The van der Waals surface area contributed by atoms with Crippen LogP contribution in [-0.4, -0.2) is 20.4 Å². The number of nitrogens with zero attached hydrogens (tertiary/aromatic N) is 4. The molecule has 0 N–H and O–H groups in total. The van der Waals surface area contributed by atoms with Crippen LogP contribution in [0.2, 0.25) is 0 Å². The van der Waals surface area contributed by atoms with Crippen LogP contribution in [0, 0.1) is 5.82 Å². The molecule has 5 aromatic rings. The lowest BCUT2D eigenvalue weighted by molar-refractivity contribution is 0.416. The van der Waals surface area contributed by atoms with Gasteiger partial charge < -0.3 is 4.57 Å². The zero-order chi connectivity index (χ0) is 25.4. The van der Waals surface area contributed by atoms with E-state index in [1.165, 1.54) is 23.2 Å². The van der Waals surface area contributed by atoms with Crippen molar-refractivity contribution in [2.24, 2.45) is 5.10 Å². The molecule has 37 heavy (non-hydrogen) atoms. The minimum absolute atomic E-state index is 0.154. The van der Waals surface area contributed by atoms with E-state index in [4.69, 9.17) is 10.1 Å². The molecular weight excluding hydrogens is 531 g/mol. The van der Waals surface area contributed by atoms with Gasteiger partial charge in [-0.2, -0.15) is 9.78 Å². The molecule has 186 valence electrons. The predicted octanol–water partition coefficient (Wildman–Crippen LogP) is 7.23. The maximum absolute atomic E-state index is 13.7. The number of hydrogen-bond donors (Lipinski definition) is 0. The van der Waals surface area contributed by atoms with Crippen LogP contribution in [0.4, 0.5) is 4.39 Å². The summed E-state index contributed by atoms with van der Waals surface area (Å²) >= 11 is 3.49. The third kappa shape index (κ3) is 4.76. The lowest BCUT2D eigenvalue weighted by atomic mass is 9.88. The average Bonchev–Trinajstić information content (AvgIpc) is 3.27. The second-order valence-electron chi connectivity index (χ2n) is 9.68. The molecule has 0 aliphatic heterocycles. The van der Waals surface area contributed by atoms with Crippen molar-refractivity contribution in [2.45, 2.75) is 44.6 Å². The van der Waals surface area contributed by atoms with Gasteiger partial charge in [0.15, 0.2) is 0 Å². The number of benzene rings is 3. The molecule has 0 unspecified atom stereocenters. The predicted molar refractivity (Wildman–Crippen MR) is 150 cm³/mol. The number of hydrogen-bond acceptors (Lipinski definition) is 3. The first kappa shape index (κ1) is 23.8. The molecule has 0 saturated heterocycles. The Morgan fingerprint density at radius 3 is 2.59 bits per heavy atom. The van der Waals surface area contributed by atoms with E-state index in [2.05, 4.69) is 32.6 Å². The molecule has 1 saturated carbocycles. The monoisotopic (exact) mass is 556 g/mol. The number of fused-ring (bicyclic) bond motifs is 2. The Bertz CT molecular complexity index is 1680. The minimum Gasteiger partial charge on any atom is -0.342 e. The van der Waals surface area contributed by atoms with Crippen molar-refractivity contribution in [1.29, 1.82) is 0 Å². The van der Waals surface area contributed by atoms with Crippen molar-refractivity contribution in [2.75, 3.05) is 0 Å². The fourth-order valence-electron chi connectivity index (χ4n) is 5.32. The maximum Gasteiger partial charge on any atom is 0.282 e. The van der Waals surface area contributed by atoms with Gasteiger partial charge in [-0.05, 0) is 54.8 Å². The Hall–Kier alpha value is -3.58. The summed E-state index contributed by atoms with van der Waals surface area (Å²) in [6.07, 6.45) is 9.33. The molecule has 1 aliphatic carbocycles. The fourth-order valence-corrected chi connectivity index (χ4v) is 5.68. The minimum atomic E-state index is -0.246. The number of aromatic nitrogens is 3. The van der Waals surface area contributed by atoms with Crippen LogP contribution in [0.15, 0.2) is 87.3 Å². The Labute approximate surface area is 222 Å². The highest BCUT2D eigenvalue weighted by atomic mass is 79.9. The Balaban J connectivity index is 1.45. The Kier molecular flexibility index (Phi) is 6.47. The topological polar surface area (TPSA) is 52.2 Å². The lowest BCUT2D eigenvalue weighted by Gasteiger charge is -2.22. The highest BCUT2D eigenvalue weighted by Gasteiger charge is 2.22. The number of halogens is 2. The molecule has 2 aromatic heterocycles. The first-order chi connectivity index (χ1) is 18.1. The van der Waals surface area contributed by atoms with Crippen LogP contribution in [0.5, 0.6) is 0 Å². The molecule has 7 heteroatoms. The van der Waals surface area contributed by atoms with Gasteiger partial charge in [0.05, 0.1) is 17.1 Å². The summed E-state index contributed by atoms with van der Waals surface area (Å²) in [4.78, 5) is 18.6. The van der Waals surface area contributed by atoms with Crippen molar-refractivity contribution in [3.63, 3.8) is 0 Å². The van der Waals surface area contributed by atoms with Crippen molar-refractivity contribution < 1.29 is 4.39 Å². The van der Waals surface area contributed by atoms with Gasteiger partial charge in [-0.25, -0.2) is 9.37 Å². The average molecular weight is 557 g/mol. The van der Waals surface area contributed by atoms with Crippen LogP contribution in [0.1, 0.15) is 55.0 Å². The molecule has 0 amide bonds. The molecule has 1 fully saturated rings. The smallest absolute Gasteiger partial charge is 0.282 e. The summed E-state index contributed by atoms with van der Waals surface area (Å²) in [6, 6.07) is 20.3. The van der Waals surface area contributed by atoms with Gasteiger partial charge in [0, 0.05) is 39.6 Å². The van der Waals surface area contributed by atoms with Crippen molar-refractivity contribution in [3.05, 3.63) is 111 Å². The van der Waals surface area contributed by atoms with E-state index in [0.717, 1.165) is 58.0 Å². The second-order valence-corrected chi connectivity index (χ2v) is 10.6. The van der Waals surface area contributed by atoms with E-state index in [1.807, 2.05) is 36.5 Å². The molecule has 0 spiro atoms. The summed E-state index contributed by atoms with van der Waals surface area (Å²) in [5.74, 6) is 0.710. The van der Waals surface area contributed by atoms with Crippen LogP contribution in [0.3, 0.4) is 0 Å². The van der Waals surface area contributed by atoms with E-state index < -0.39 is 0 Å². The first-order valence-corrected chi connectivity index (χ1v) is 13.4. The zero-order valence-corrected chi connectivity index (χ0v) is 21.9. The molecule has 0 radical (unpaired) electrons. The summed E-state index contributed by atoms with van der Waals surface area (Å²) in [6.45, 7) is 0.605. The number of para-hydroxylation sites is 1. The zero-order valence-electron chi connectivity index (χ0n) is 20.3. The molecular formula is C30H26BrFN4O. The molecule has 5 nitrogen and oxygen atoms in total. The molecule has 0 atom stereocenters.